The number of carbonyl (C=O) groups excluding carboxylic acids is 3. The average Bonchev–Trinajstić information content (AvgIpc) is 3.07. The van der Waals surface area contributed by atoms with Gasteiger partial charge >= 0.3 is 11.9 Å². The van der Waals surface area contributed by atoms with Gasteiger partial charge < -0.3 is 19.8 Å². The number of benzene rings is 2. The minimum atomic E-state index is -1.03. The summed E-state index contributed by atoms with van der Waals surface area (Å²) in [5.74, 6) is -2.65. The van der Waals surface area contributed by atoms with Crippen LogP contribution in [0.5, 0.6) is 0 Å². The van der Waals surface area contributed by atoms with Crippen LogP contribution >= 0.6 is 0 Å². The molecule has 2 amide bonds. The summed E-state index contributed by atoms with van der Waals surface area (Å²) in [7, 11) is 0. The number of amides is 2. The van der Waals surface area contributed by atoms with Crippen LogP contribution in [0.15, 0.2) is 52.9 Å². The van der Waals surface area contributed by atoms with Crippen molar-refractivity contribution in [3.05, 3.63) is 59.9 Å². The molecule has 0 aliphatic heterocycles. The smallest absolute Gasteiger partial charge is 0.397 e. The molecule has 2 aromatic carbocycles. The third-order valence-electron chi connectivity index (χ3n) is 4.12. The third kappa shape index (κ3) is 4.03. The van der Waals surface area contributed by atoms with Gasteiger partial charge in [0, 0.05) is 11.1 Å². The zero-order valence-corrected chi connectivity index (χ0v) is 15.6. The molecule has 144 valence electrons. The van der Waals surface area contributed by atoms with E-state index >= 15 is 0 Å². The van der Waals surface area contributed by atoms with Crippen molar-refractivity contribution in [2.75, 3.05) is 17.2 Å². The quantitative estimate of drug-likeness (QED) is 0.519. The Bertz CT molecular complexity index is 1020. The number of anilines is 2. The van der Waals surface area contributed by atoms with Crippen molar-refractivity contribution in [3.8, 4) is 0 Å². The summed E-state index contributed by atoms with van der Waals surface area (Å²) >= 11 is 0. The highest BCUT2D eigenvalue weighted by Gasteiger charge is 2.25. The molecule has 1 heterocycles. The van der Waals surface area contributed by atoms with Crippen LogP contribution < -0.4 is 10.6 Å². The fourth-order valence-corrected chi connectivity index (χ4v) is 2.70. The highest BCUT2D eigenvalue weighted by Crippen LogP contribution is 2.31. The van der Waals surface area contributed by atoms with Crippen LogP contribution in [0.4, 0.5) is 11.4 Å². The molecule has 3 rings (SSSR count). The number of ether oxygens (including phenoxy) is 1. The van der Waals surface area contributed by atoms with Gasteiger partial charge in [0.05, 0.1) is 6.61 Å². The molecule has 0 bridgehead atoms. The first kappa shape index (κ1) is 19.2. The molecule has 2 N–H and O–H groups in total. The van der Waals surface area contributed by atoms with Crippen molar-refractivity contribution < 1.29 is 23.5 Å². The van der Waals surface area contributed by atoms with Gasteiger partial charge in [-0.15, -0.1) is 0 Å². The fourth-order valence-electron chi connectivity index (χ4n) is 2.70. The molecule has 1 aromatic heterocycles. The van der Waals surface area contributed by atoms with Gasteiger partial charge in [0.15, 0.2) is 0 Å². The Hall–Kier alpha value is -3.61. The van der Waals surface area contributed by atoms with Crippen LogP contribution in [-0.4, -0.2) is 24.4 Å². The first-order chi connectivity index (χ1) is 13.5. The van der Waals surface area contributed by atoms with E-state index in [1.807, 2.05) is 19.1 Å². The number of furan rings is 1. The second-order valence-electron chi connectivity index (χ2n) is 5.98. The molecule has 0 spiro atoms. The molecule has 28 heavy (non-hydrogen) atoms. The number of para-hydroxylation sites is 1. The summed E-state index contributed by atoms with van der Waals surface area (Å²) in [4.78, 5) is 36.5. The molecule has 0 saturated carbocycles. The molecule has 3 aromatic rings. The van der Waals surface area contributed by atoms with E-state index < -0.39 is 17.8 Å². The zero-order chi connectivity index (χ0) is 20.1. The Labute approximate surface area is 161 Å². The Morgan fingerprint density at radius 3 is 2.36 bits per heavy atom. The Kier molecular flexibility index (Phi) is 5.74. The van der Waals surface area contributed by atoms with Gasteiger partial charge in [-0.25, -0.2) is 4.79 Å². The van der Waals surface area contributed by atoms with Crippen molar-refractivity contribution >= 4 is 40.1 Å². The number of fused-ring (bicyclic) bond motifs is 1. The van der Waals surface area contributed by atoms with Crippen molar-refractivity contribution in [2.45, 2.75) is 20.3 Å². The van der Waals surface area contributed by atoms with Gasteiger partial charge in [0.2, 0.25) is 5.76 Å². The Balaban J connectivity index is 1.91. The van der Waals surface area contributed by atoms with Gasteiger partial charge in [0.25, 0.3) is 5.91 Å². The number of hydrogen-bond donors (Lipinski definition) is 2. The lowest BCUT2D eigenvalue weighted by molar-refractivity contribution is -0.152. The summed E-state index contributed by atoms with van der Waals surface area (Å²) in [5.41, 5.74) is 2.26. The van der Waals surface area contributed by atoms with E-state index in [1.165, 1.54) is 0 Å². The van der Waals surface area contributed by atoms with Gasteiger partial charge in [-0.2, -0.15) is 0 Å². The minimum Gasteiger partial charge on any atom is -0.459 e. The van der Waals surface area contributed by atoms with Crippen LogP contribution in [0.2, 0.25) is 0 Å². The fraction of sp³-hybridized carbons (Fsp3) is 0.190. The van der Waals surface area contributed by atoms with E-state index in [-0.39, 0.29) is 18.1 Å². The van der Waals surface area contributed by atoms with Crippen LogP contribution in [0, 0.1) is 0 Å². The zero-order valence-electron chi connectivity index (χ0n) is 15.6. The topological polar surface area (TPSA) is 97.6 Å². The third-order valence-corrected chi connectivity index (χ3v) is 4.12. The first-order valence-electron chi connectivity index (χ1n) is 8.93. The highest BCUT2D eigenvalue weighted by atomic mass is 16.5. The van der Waals surface area contributed by atoms with Crippen LogP contribution in [0.1, 0.15) is 30.0 Å². The maximum absolute atomic E-state index is 12.8. The molecule has 0 saturated heterocycles. The SMILES string of the molecule is CCOC(=O)C(=O)Nc1c(C(=O)Nc2ccc(CC)cc2)oc2ccccc12. The molecule has 0 atom stereocenters. The molecule has 0 radical (unpaired) electrons. The van der Waals surface area contributed by atoms with E-state index in [0.29, 0.717) is 16.7 Å². The second kappa shape index (κ2) is 8.39. The maximum Gasteiger partial charge on any atom is 0.397 e. The molecule has 7 nitrogen and oxygen atoms in total. The predicted octanol–water partition coefficient (Wildman–Crippen LogP) is 3.75. The number of esters is 1. The Morgan fingerprint density at radius 2 is 1.68 bits per heavy atom. The maximum atomic E-state index is 12.8. The lowest BCUT2D eigenvalue weighted by atomic mass is 10.1. The van der Waals surface area contributed by atoms with Crippen molar-refractivity contribution in [3.63, 3.8) is 0 Å². The summed E-state index contributed by atoms with van der Waals surface area (Å²) < 4.78 is 10.3. The molecule has 0 unspecified atom stereocenters. The van der Waals surface area contributed by atoms with E-state index in [1.54, 1.807) is 43.3 Å². The van der Waals surface area contributed by atoms with Crippen molar-refractivity contribution in [1.29, 1.82) is 0 Å². The number of nitrogens with one attached hydrogen (secondary N) is 2. The van der Waals surface area contributed by atoms with Crippen molar-refractivity contribution in [2.24, 2.45) is 0 Å². The van der Waals surface area contributed by atoms with Crippen LogP contribution in [0.25, 0.3) is 11.0 Å². The van der Waals surface area contributed by atoms with E-state index in [9.17, 15) is 14.4 Å². The van der Waals surface area contributed by atoms with Gasteiger partial charge in [0.1, 0.15) is 11.3 Å². The van der Waals surface area contributed by atoms with Gasteiger partial charge in [-0.05, 0) is 43.2 Å². The van der Waals surface area contributed by atoms with Gasteiger partial charge in [-0.1, -0.05) is 31.2 Å². The number of aryl methyl sites for hydroxylation is 1. The number of rotatable bonds is 5. The van der Waals surface area contributed by atoms with Crippen molar-refractivity contribution in [1.82, 2.24) is 0 Å². The lowest BCUT2D eigenvalue weighted by Gasteiger charge is -2.07. The summed E-state index contributed by atoms with van der Waals surface area (Å²) in [6.07, 6.45) is 0.891. The highest BCUT2D eigenvalue weighted by molar-refractivity contribution is 6.38. The summed E-state index contributed by atoms with van der Waals surface area (Å²) in [6.45, 7) is 3.71. The lowest BCUT2D eigenvalue weighted by Crippen LogP contribution is -2.26. The molecular formula is C21H20N2O5. The van der Waals surface area contributed by atoms with Gasteiger partial charge in [-0.3, -0.25) is 9.59 Å². The summed E-state index contributed by atoms with van der Waals surface area (Å²) in [5, 5.41) is 5.68. The number of hydrogen-bond acceptors (Lipinski definition) is 5. The largest absolute Gasteiger partial charge is 0.459 e. The van der Waals surface area contributed by atoms with E-state index in [4.69, 9.17) is 9.15 Å². The Morgan fingerprint density at radius 1 is 0.964 bits per heavy atom. The molecule has 0 aliphatic carbocycles. The van der Waals surface area contributed by atoms with E-state index in [0.717, 1.165) is 12.0 Å². The standard InChI is InChI=1S/C21H20N2O5/c1-3-13-9-11-14(12-10-13)22-19(24)18-17(23-20(25)21(26)27-4-2)15-7-5-6-8-16(15)28-18/h5-12H,3-4H2,1-2H3,(H,22,24)(H,23,25). The average molecular weight is 380 g/mol. The minimum absolute atomic E-state index is 0.0689. The van der Waals surface area contributed by atoms with Crippen LogP contribution in [0.3, 0.4) is 0 Å². The second-order valence-corrected chi connectivity index (χ2v) is 5.98. The number of carbonyl (C=O) groups is 3. The van der Waals surface area contributed by atoms with E-state index in [2.05, 4.69) is 10.6 Å². The normalized spacial score (nSPS) is 10.5. The molecular weight excluding hydrogens is 360 g/mol. The molecule has 0 aliphatic rings. The molecule has 0 fully saturated rings. The molecule has 7 heteroatoms. The predicted molar refractivity (Wildman–Crippen MR) is 105 cm³/mol. The monoisotopic (exact) mass is 380 g/mol. The first-order valence-corrected chi connectivity index (χ1v) is 8.93. The van der Waals surface area contributed by atoms with Crippen LogP contribution in [-0.2, 0) is 20.7 Å². The summed E-state index contributed by atoms with van der Waals surface area (Å²) in [6, 6.07) is 14.2.